The summed E-state index contributed by atoms with van der Waals surface area (Å²) in [6.07, 6.45) is -4.74. The first-order chi connectivity index (χ1) is 17.1. The molecule has 1 aromatic heterocycles. The number of rotatable bonds is 6. The van der Waals surface area contributed by atoms with Crippen LogP contribution in [0, 0.1) is 0 Å². The molecule has 2 amide bonds. The average molecular weight is 502 g/mol. The molecular formula is C25H25F3N4O4. The van der Waals surface area contributed by atoms with Gasteiger partial charge in [0.25, 0.3) is 5.91 Å². The smallest absolute Gasteiger partial charge is 0.377 e. The fourth-order valence-electron chi connectivity index (χ4n) is 3.97. The lowest BCUT2D eigenvalue weighted by molar-refractivity contribution is -0.159. The molecule has 1 aliphatic heterocycles. The number of alkyl halides is 3. The molecule has 0 unspecified atom stereocenters. The van der Waals surface area contributed by atoms with E-state index in [1.54, 1.807) is 4.90 Å². The molecule has 3 aromatic rings. The number of benzene rings is 2. The lowest BCUT2D eigenvalue weighted by Crippen LogP contribution is -2.57. The molecule has 1 atom stereocenters. The molecule has 2 aromatic carbocycles. The number of carbonyl (C=O) groups is 2. The van der Waals surface area contributed by atoms with Gasteiger partial charge in [0, 0.05) is 24.2 Å². The van der Waals surface area contributed by atoms with Crippen LogP contribution < -0.4 is 5.32 Å². The van der Waals surface area contributed by atoms with Gasteiger partial charge in [-0.25, -0.2) is 0 Å². The number of hydrogen-bond acceptors (Lipinski definition) is 6. The van der Waals surface area contributed by atoms with Crippen molar-refractivity contribution in [3.63, 3.8) is 0 Å². The Labute approximate surface area is 205 Å². The van der Waals surface area contributed by atoms with E-state index in [9.17, 15) is 22.8 Å². The number of aromatic nitrogens is 2. The van der Waals surface area contributed by atoms with Crippen molar-refractivity contribution in [2.45, 2.75) is 31.5 Å². The Kier molecular flexibility index (Phi) is 7.11. The molecule has 1 aliphatic rings. The van der Waals surface area contributed by atoms with E-state index in [1.807, 2.05) is 44.2 Å². The summed E-state index contributed by atoms with van der Waals surface area (Å²) in [7, 11) is 0. The highest BCUT2D eigenvalue weighted by atomic mass is 19.4. The molecule has 1 saturated heterocycles. The minimum absolute atomic E-state index is 0.0565. The van der Waals surface area contributed by atoms with E-state index in [4.69, 9.17) is 4.74 Å². The number of hydrogen-bond donors (Lipinski definition) is 1. The summed E-state index contributed by atoms with van der Waals surface area (Å²) in [5.41, 5.74) is 0.704. The zero-order valence-corrected chi connectivity index (χ0v) is 19.7. The Bertz CT molecular complexity index is 1210. The van der Waals surface area contributed by atoms with Crippen molar-refractivity contribution in [3.05, 3.63) is 71.6 Å². The van der Waals surface area contributed by atoms with Crippen molar-refractivity contribution in [1.82, 2.24) is 20.4 Å². The van der Waals surface area contributed by atoms with Crippen LogP contribution in [0.15, 0.2) is 59.1 Å². The van der Waals surface area contributed by atoms with E-state index in [1.165, 1.54) is 24.3 Å². The van der Waals surface area contributed by atoms with Crippen LogP contribution in [0.4, 0.5) is 13.2 Å². The van der Waals surface area contributed by atoms with Gasteiger partial charge in [0.2, 0.25) is 11.7 Å². The Hall–Kier alpha value is -3.73. The van der Waals surface area contributed by atoms with Crippen LogP contribution in [-0.2, 0) is 21.1 Å². The number of carbonyl (C=O) groups excluding carboxylic acids is 2. The predicted octanol–water partition coefficient (Wildman–Crippen LogP) is 3.69. The third kappa shape index (κ3) is 5.40. The minimum atomic E-state index is -4.74. The second kappa shape index (κ2) is 10.1. The molecule has 4 rings (SSSR count). The van der Waals surface area contributed by atoms with Crippen LogP contribution in [-0.4, -0.2) is 59.2 Å². The first-order valence-electron chi connectivity index (χ1n) is 11.3. The largest absolute Gasteiger partial charge is 0.471 e. The third-order valence-electron chi connectivity index (χ3n) is 6.09. The van der Waals surface area contributed by atoms with Gasteiger partial charge >= 0.3 is 12.1 Å². The molecule has 0 spiro atoms. The van der Waals surface area contributed by atoms with E-state index in [-0.39, 0.29) is 42.1 Å². The highest BCUT2D eigenvalue weighted by Crippen LogP contribution is 2.30. The fraction of sp³-hybridized carbons (Fsp3) is 0.360. The normalized spacial score (nSPS) is 16.6. The second-order valence-corrected chi connectivity index (χ2v) is 8.93. The maximum Gasteiger partial charge on any atom is 0.471 e. The van der Waals surface area contributed by atoms with Crippen LogP contribution in [0.2, 0.25) is 0 Å². The lowest BCUT2D eigenvalue weighted by Gasteiger charge is -2.40. The zero-order valence-electron chi connectivity index (χ0n) is 19.7. The van der Waals surface area contributed by atoms with Crippen molar-refractivity contribution in [2.24, 2.45) is 0 Å². The molecule has 0 bridgehead atoms. The van der Waals surface area contributed by atoms with Gasteiger partial charge in [-0.05, 0) is 31.5 Å². The maximum atomic E-state index is 13.4. The molecule has 8 nitrogen and oxygen atoms in total. The summed E-state index contributed by atoms with van der Waals surface area (Å²) in [5, 5.41) is 6.15. The Morgan fingerprint density at radius 3 is 2.42 bits per heavy atom. The van der Waals surface area contributed by atoms with Gasteiger partial charge in [-0.2, -0.15) is 18.2 Å². The molecule has 1 fully saturated rings. The summed E-state index contributed by atoms with van der Waals surface area (Å²) < 4.78 is 47.8. The lowest BCUT2D eigenvalue weighted by atomic mass is 9.82. The van der Waals surface area contributed by atoms with Crippen molar-refractivity contribution in [3.8, 4) is 11.4 Å². The average Bonchev–Trinajstić information content (AvgIpc) is 3.39. The molecule has 190 valence electrons. The van der Waals surface area contributed by atoms with Gasteiger partial charge in [0.15, 0.2) is 0 Å². The SMILES string of the molecule is CC(C)(C(=O)N1CCOC[C@@H]1CNC(=O)c1ccc(-c2noc(C(F)(F)F)n2)cc1)c1ccccc1. The van der Waals surface area contributed by atoms with Gasteiger partial charge in [-0.15, -0.1) is 0 Å². The number of nitrogens with one attached hydrogen (secondary N) is 1. The number of morpholine rings is 1. The number of amides is 2. The quantitative estimate of drug-likeness (QED) is 0.552. The van der Waals surface area contributed by atoms with Crippen molar-refractivity contribution < 1.29 is 32.0 Å². The van der Waals surface area contributed by atoms with E-state index in [2.05, 4.69) is 20.0 Å². The van der Waals surface area contributed by atoms with Crippen LogP contribution in [0.1, 0.15) is 35.7 Å². The van der Waals surface area contributed by atoms with Crippen molar-refractivity contribution in [2.75, 3.05) is 26.3 Å². The van der Waals surface area contributed by atoms with Gasteiger partial charge in [-0.3, -0.25) is 9.59 Å². The van der Waals surface area contributed by atoms with Gasteiger partial charge in [-0.1, -0.05) is 47.6 Å². The first kappa shape index (κ1) is 25.4. The van der Waals surface area contributed by atoms with E-state index in [0.29, 0.717) is 13.2 Å². The van der Waals surface area contributed by atoms with Gasteiger partial charge in [0.1, 0.15) is 0 Å². The monoisotopic (exact) mass is 502 g/mol. The maximum absolute atomic E-state index is 13.4. The highest BCUT2D eigenvalue weighted by Gasteiger charge is 2.39. The van der Waals surface area contributed by atoms with Crippen LogP contribution in [0.25, 0.3) is 11.4 Å². The van der Waals surface area contributed by atoms with Crippen LogP contribution in [0.5, 0.6) is 0 Å². The predicted molar refractivity (Wildman–Crippen MR) is 123 cm³/mol. The Morgan fingerprint density at radius 2 is 1.78 bits per heavy atom. The first-order valence-corrected chi connectivity index (χ1v) is 11.3. The summed E-state index contributed by atoms with van der Waals surface area (Å²) >= 11 is 0. The zero-order chi connectivity index (χ0) is 25.9. The number of nitrogens with zero attached hydrogens (tertiary/aromatic N) is 3. The molecule has 1 N–H and O–H groups in total. The van der Waals surface area contributed by atoms with E-state index < -0.39 is 23.4 Å². The van der Waals surface area contributed by atoms with Crippen molar-refractivity contribution in [1.29, 1.82) is 0 Å². The third-order valence-corrected chi connectivity index (χ3v) is 6.09. The Morgan fingerprint density at radius 1 is 1.08 bits per heavy atom. The highest BCUT2D eigenvalue weighted by molar-refractivity contribution is 5.94. The van der Waals surface area contributed by atoms with Gasteiger partial charge in [0.05, 0.1) is 24.7 Å². The van der Waals surface area contributed by atoms with Crippen molar-refractivity contribution >= 4 is 11.8 Å². The van der Waals surface area contributed by atoms with E-state index in [0.717, 1.165) is 5.56 Å². The molecule has 36 heavy (non-hydrogen) atoms. The molecule has 11 heteroatoms. The minimum Gasteiger partial charge on any atom is -0.377 e. The number of ether oxygens (including phenoxy) is 1. The molecule has 2 heterocycles. The summed E-state index contributed by atoms with van der Waals surface area (Å²) in [5.74, 6) is -2.13. The van der Waals surface area contributed by atoms with Gasteiger partial charge < -0.3 is 19.5 Å². The Balaban J connectivity index is 1.40. The topological polar surface area (TPSA) is 97.6 Å². The van der Waals surface area contributed by atoms with Crippen LogP contribution in [0.3, 0.4) is 0 Å². The standard InChI is InChI=1S/C25H25F3N4O4/c1-24(2,18-6-4-3-5-7-18)23(34)32-12-13-35-15-19(32)14-29-21(33)17-10-8-16(9-11-17)20-30-22(36-31-20)25(26,27)28/h3-11,19H,12-15H2,1-2H3,(H,29,33)/t19-/m0/s1. The molecular weight excluding hydrogens is 477 g/mol. The molecule has 0 saturated carbocycles. The fourth-order valence-corrected chi connectivity index (χ4v) is 3.97. The second-order valence-electron chi connectivity index (χ2n) is 8.93. The van der Waals surface area contributed by atoms with Crippen LogP contribution >= 0.6 is 0 Å². The molecule has 0 radical (unpaired) electrons. The molecule has 0 aliphatic carbocycles. The summed E-state index contributed by atoms with van der Waals surface area (Å²) in [6.45, 7) is 5.03. The number of halogens is 3. The summed E-state index contributed by atoms with van der Waals surface area (Å²) in [4.78, 5) is 31.2. The van der Waals surface area contributed by atoms with E-state index >= 15 is 0 Å². The summed E-state index contributed by atoms with van der Waals surface area (Å²) in [6, 6.07) is 14.9.